The first-order valence-corrected chi connectivity index (χ1v) is 13.9. The van der Waals surface area contributed by atoms with Crippen LogP contribution in [-0.2, 0) is 22.4 Å². The van der Waals surface area contributed by atoms with Crippen LogP contribution in [0.5, 0.6) is 0 Å². The average Bonchev–Trinajstić information content (AvgIpc) is 3.53. The summed E-state index contributed by atoms with van der Waals surface area (Å²) in [7, 11) is 0. The molecule has 38 heavy (non-hydrogen) atoms. The minimum absolute atomic E-state index is 0.0268. The Morgan fingerprint density at radius 2 is 1.47 bits per heavy atom. The van der Waals surface area contributed by atoms with Gasteiger partial charge in [0.05, 0.1) is 5.71 Å². The van der Waals surface area contributed by atoms with Crippen LogP contribution in [0, 0.1) is 13.8 Å². The minimum Gasteiger partial charge on any atom is -0.355 e. The lowest BCUT2D eigenvalue weighted by Gasteiger charge is -2.03. The third-order valence-corrected chi connectivity index (χ3v) is 8.03. The Hall–Kier alpha value is -3.38. The molecule has 7 heteroatoms. The van der Waals surface area contributed by atoms with Gasteiger partial charge in [0.25, 0.3) is 11.8 Å². The summed E-state index contributed by atoms with van der Waals surface area (Å²) in [6, 6.07) is 0. The molecule has 2 amide bonds. The van der Waals surface area contributed by atoms with Crippen LogP contribution in [-0.4, -0.2) is 33.4 Å². The van der Waals surface area contributed by atoms with Gasteiger partial charge < -0.3 is 15.3 Å². The smallest absolute Gasteiger partial charge is 0.273 e. The lowest BCUT2D eigenvalue weighted by Crippen LogP contribution is -2.15. The zero-order chi connectivity index (χ0) is 27.7. The van der Waals surface area contributed by atoms with Gasteiger partial charge in [0.1, 0.15) is 0 Å². The molecule has 0 unspecified atom stereocenters. The lowest BCUT2D eigenvalue weighted by atomic mass is 10.0. The van der Waals surface area contributed by atoms with Gasteiger partial charge in [-0.15, -0.1) is 11.6 Å². The zero-order valence-corrected chi connectivity index (χ0v) is 24.2. The summed E-state index contributed by atoms with van der Waals surface area (Å²) in [4.78, 5) is 35.9. The second-order valence-corrected chi connectivity index (χ2v) is 10.3. The van der Waals surface area contributed by atoms with E-state index in [9.17, 15) is 9.59 Å². The van der Waals surface area contributed by atoms with E-state index in [-0.39, 0.29) is 11.8 Å². The molecule has 200 valence electrons. The molecule has 2 aromatic heterocycles. The lowest BCUT2D eigenvalue weighted by molar-refractivity contribution is -0.116. The van der Waals surface area contributed by atoms with E-state index in [0.29, 0.717) is 5.88 Å². The van der Waals surface area contributed by atoms with Crippen molar-refractivity contribution in [2.75, 3.05) is 5.88 Å². The van der Waals surface area contributed by atoms with Crippen LogP contribution in [0.15, 0.2) is 33.0 Å². The quantitative estimate of drug-likeness (QED) is 0.425. The molecule has 0 fully saturated rings. The highest BCUT2D eigenvalue weighted by molar-refractivity contribution is 6.30. The molecule has 2 aromatic rings. The van der Waals surface area contributed by atoms with Gasteiger partial charge in [0.15, 0.2) is 0 Å². The van der Waals surface area contributed by atoms with Crippen molar-refractivity contribution in [2.45, 2.75) is 74.1 Å². The van der Waals surface area contributed by atoms with Gasteiger partial charge >= 0.3 is 0 Å². The zero-order valence-electron chi connectivity index (χ0n) is 23.4. The van der Waals surface area contributed by atoms with Gasteiger partial charge in [-0.3, -0.25) is 9.59 Å². The first-order chi connectivity index (χ1) is 18.1. The van der Waals surface area contributed by atoms with Crippen LogP contribution in [0.2, 0.25) is 0 Å². The Morgan fingerprint density at radius 1 is 0.763 bits per heavy atom. The number of aromatic nitrogens is 2. The fraction of sp³-hybridized carbons (Fsp3) is 0.387. The third-order valence-electron chi connectivity index (χ3n) is 7.84. The van der Waals surface area contributed by atoms with E-state index < -0.39 is 0 Å². The average molecular weight is 533 g/mol. The Kier molecular flexibility index (Phi) is 8.12. The molecule has 4 heterocycles. The molecule has 4 rings (SSSR count). The fourth-order valence-electron chi connectivity index (χ4n) is 5.55. The summed E-state index contributed by atoms with van der Waals surface area (Å²) in [6.45, 7) is 14.2. The maximum atomic E-state index is 12.3. The summed E-state index contributed by atoms with van der Waals surface area (Å²) < 4.78 is 0. The number of halogens is 1. The molecule has 3 N–H and O–H groups in total. The van der Waals surface area contributed by atoms with Gasteiger partial charge in [0.2, 0.25) is 0 Å². The van der Waals surface area contributed by atoms with Crippen LogP contribution in [0.25, 0.3) is 18.2 Å². The molecular formula is C31H37ClN4O2. The van der Waals surface area contributed by atoms with E-state index in [1.54, 1.807) is 0 Å². The molecule has 2 aliphatic rings. The molecule has 0 aromatic carbocycles. The monoisotopic (exact) mass is 532 g/mol. The van der Waals surface area contributed by atoms with Crippen LogP contribution < -0.4 is 16.0 Å². The minimum atomic E-state index is -0.157. The summed E-state index contributed by atoms with van der Waals surface area (Å²) in [5.74, 6) is 0.321. The van der Waals surface area contributed by atoms with Crippen molar-refractivity contribution in [3.05, 3.63) is 72.3 Å². The number of carbonyl (C=O) groups excluding carboxylic acids is 2. The van der Waals surface area contributed by atoms with Gasteiger partial charge in [-0.05, 0) is 105 Å². The maximum Gasteiger partial charge on any atom is 0.273 e. The first kappa shape index (κ1) is 27.6. The fourth-order valence-corrected chi connectivity index (χ4v) is 5.74. The van der Waals surface area contributed by atoms with E-state index in [1.165, 1.54) is 11.1 Å². The highest BCUT2D eigenvalue weighted by atomic mass is 35.5. The number of rotatable bonds is 8. The molecular weight excluding hydrogens is 496 g/mol. The van der Waals surface area contributed by atoms with Crippen LogP contribution in [0.1, 0.15) is 81.1 Å². The molecule has 0 saturated carbocycles. The number of carbonyl (C=O) groups is 2. The highest BCUT2D eigenvalue weighted by Crippen LogP contribution is 2.28. The molecule has 0 bridgehead atoms. The summed E-state index contributed by atoms with van der Waals surface area (Å²) >= 11 is 6.21. The van der Waals surface area contributed by atoms with Gasteiger partial charge in [-0.1, -0.05) is 20.8 Å². The highest BCUT2D eigenvalue weighted by Gasteiger charge is 2.23. The van der Waals surface area contributed by atoms with Crippen molar-refractivity contribution in [1.82, 2.24) is 15.3 Å². The van der Waals surface area contributed by atoms with Crippen molar-refractivity contribution in [3.63, 3.8) is 0 Å². The van der Waals surface area contributed by atoms with E-state index in [4.69, 9.17) is 11.6 Å². The van der Waals surface area contributed by atoms with Gasteiger partial charge in [-0.25, -0.2) is 4.99 Å². The van der Waals surface area contributed by atoms with E-state index in [0.717, 1.165) is 92.6 Å². The number of hydrogen-bond donors (Lipinski definition) is 3. The summed E-state index contributed by atoms with van der Waals surface area (Å²) in [5, 5.41) is 4.95. The normalized spacial score (nSPS) is 18.1. The second-order valence-electron chi connectivity index (χ2n) is 9.92. The molecule has 6 nitrogen and oxygen atoms in total. The van der Waals surface area contributed by atoms with E-state index >= 15 is 0 Å². The number of aromatic amines is 2. The number of amides is 2. The van der Waals surface area contributed by atoms with Crippen molar-refractivity contribution < 1.29 is 9.59 Å². The second kappa shape index (κ2) is 11.2. The van der Waals surface area contributed by atoms with Crippen LogP contribution >= 0.6 is 11.6 Å². The standard InChI is InChI=1S/C31H37ClN4O2/c1-8-20-16(4)24(13-27-21(9-2)18(6)30(37)35-27)33-26(20)15-29-23(11-12-32)17(5)25(34-29)14-28-22(10-3)19(7)31(38)36-28/h13-15,33-34H,8-12H2,1-7H3,(H,35,37)/b25-14-,27-13-,29-15-. The molecule has 0 radical (unpaired) electrons. The number of aliphatic imine (C=N–C) groups is 1. The van der Waals surface area contributed by atoms with E-state index in [2.05, 4.69) is 54.0 Å². The van der Waals surface area contributed by atoms with Crippen LogP contribution in [0.4, 0.5) is 0 Å². The van der Waals surface area contributed by atoms with E-state index in [1.807, 2.05) is 32.9 Å². The SMILES string of the molecule is CCC1=C(C)C(=O)N=C1/C=c1\[nH]/c(=C\c2[nH]c(/C=C3\NC(=O)C(C)=C3CC)c(C)c2CC)c(CCCl)c1C. The number of nitrogens with zero attached hydrogens (tertiary/aromatic N) is 1. The Labute approximate surface area is 229 Å². The third kappa shape index (κ3) is 4.90. The summed E-state index contributed by atoms with van der Waals surface area (Å²) in [5.41, 5.74) is 11.8. The number of H-pyrrole nitrogens is 2. The Bertz CT molecular complexity index is 1570. The van der Waals surface area contributed by atoms with Crippen molar-refractivity contribution in [3.8, 4) is 0 Å². The number of alkyl halides is 1. The first-order valence-electron chi connectivity index (χ1n) is 13.4. The number of hydrogen-bond acceptors (Lipinski definition) is 2. The molecule has 2 aliphatic heterocycles. The predicted octanol–water partition coefficient (Wildman–Crippen LogP) is 4.82. The van der Waals surface area contributed by atoms with Gasteiger partial charge in [-0.2, -0.15) is 0 Å². The topological polar surface area (TPSA) is 90.1 Å². The molecule has 0 aliphatic carbocycles. The maximum absolute atomic E-state index is 12.3. The molecule has 0 spiro atoms. The van der Waals surface area contributed by atoms with Crippen molar-refractivity contribution >= 4 is 47.4 Å². The Morgan fingerprint density at radius 3 is 2.11 bits per heavy atom. The number of nitrogens with one attached hydrogen (secondary N) is 3. The summed E-state index contributed by atoms with van der Waals surface area (Å²) in [6.07, 6.45) is 9.33. The van der Waals surface area contributed by atoms with Crippen molar-refractivity contribution in [1.29, 1.82) is 0 Å². The van der Waals surface area contributed by atoms with Gasteiger partial charge in [0, 0.05) is 44.8 Å². The largest absolute Gasteiger partial charge is 0.355 e. The molecule has 0 atom stereocenters. The molecule has 0 saturated heterocycles. The van der Waals surface area contributed by atoms with Crippen LogP contribution in [0.3, 0.4) is 0 Å². The predicted molar refractivity (Wildman–Crippen MR) is 157 cm³/mol. The Balaban J connectivity index is 1.86. The number of allylic oxidation sites excluding steroid dienone is 2. The van der Waals surface area contributed by atoms with Crippen molar-refractivity contribution in [2.24, 2.45) is 4.99 Å².